The molecule has 0 saturated heterocycles. The van der Waals surface area contributed by atoms with Gasteiger partial charge >= 0.3 is 0 Å². The Hall–Kier alpha value is -5.48. The molecule has 320 valence electrons. The Morgan fingerprint density at radius 1 is 0.587 bits per heavy atom. The lowest BCUT2D eigenvalue weighted by atomic mass is 9.35. The summed E-state index contributed by atoms with van der Waals surface area (Å²) in [5, 5.41) is 0.948. The van der Waals surface area contributed by atoms with Gasteiger partial charge in [-0.1, -0.05) is 151 Å². The summed E-state index contributed by atoms with van der Waals surface area (Å²) in [5.74, 6) is 0. The number of nitrogens with zero attached hydrogens (tertiary/aromatic N) is 2. The molecule has 0 atom stereocenters. The quantitative estimate of drug-likeness (QED) is 0.165. The second-order valence-electron chi connectivity index (χ2n) is 22.9. The molecule has 3 aliphatic rings. The van der Waals surface area contributed by atoms with Crippen LogP contribution in [0.1, 0.15) is 146 Å². The van der Waals surface area contributed by atoms with E-state index in [4.69, 9.17) is 8.53 Å². The van der Waals surface area contributed by atoms with Crippen LogP contribution in [-0.4, -0.2) is 6.71 Å². The Labute approximate surface area is 387 Å². The van der Waals surface area contributed by atoms with Crippen molar-refractivity contribution in [2.75, 3.05) is 9.80 Å². The second kappa shape index (κ2) is 13.8. The standard InChI is InChI=1S/C59H65BN2O/c1-36-30-49-52-50(31-36)62(47-26-22-39(56(5,6)7)32-42(47)37-18-16-15-17-19-37)48-27-23-40(57(8,9)10)33-46(48)60(52)54-53(61(49)41-24-20-38(21-25-41)55(2,3)4)43-34-44-45(35-51(43)63-54)59(13,14)29-28-58(44,11)12/h15-27,30-35H,28-29H2,1-14H3/i15D,16D,17D,18D,19D,24D,25D. The van der Waals surface area contributed by atoms with E-state index in [-0.39, 0.29) is 68.9 Å². The summed E-state index contributed by atoms with van der Waals surface area (Å²) >= 11 is 0. The molecule has 3 nitrogen and oxygen atoms in total. The zero-order valence-corrected chi connectivity index (χ0v) is 39.7. The average Bonchev–Trinajstić information content (AvgIpc) is 3.64. The van der Waals surface area contributed by atoms with E-state index in [1.807, 2.05) is 24.3 Å². The molecule has 0 amide bonds. The smallest absolute Gasteiger partial charge is 0.297 e. The SMILES string of the molecule is [2H]c1cc(C(C)(C)C)cc([2H])c1N1c2cc(C)cc3c2B(c2cc(C(C)(C)C)ccc2N3c2ccc(C(C)(C)C)cc2-c2c([2H])c([2H])c([2H])c([2H])c2[2H])c2oc3cc4c(cc3c21)C(C)(C)CCC4(C)C. The van der Waals surface area contributed by atoms with Gasteiger partial charge in [0.15, 0.2) is 0 Å². The third-order valence-electron chi connectivity index (χ3n) is 14.3. The lowest BCUT2D eigenvalue weighted by Gasteiger charge is -2.44. The van der Waals surface area contributed by atoms with Crippen LogP contribution in [0.25, 0.3) is 22.1 Å². The van der Waals surface area contributed by atoms with Crippen molar-refractivity contribution >= 4 is 68.4 Å². The molecule has 0 fully saturated rings. The molecule has 2 aliphatic heterocycles. The molecule has 0 bridgehead atoms. The summed E-state index contributed by atoms with van der Waals surface area (Å²) < 4.78 is 72.2. The number of rotatable bonds is 3. The maximum atomic E-state index is 9.89. The molecule has 7 aromatic rings. The van der Waals surface area contributed by atoms with Crippen LogP contribution in [0.3, 0.4) is 0 Å². The van der Waals surface area contributed by atoms with Crippen LogP contribution < -0.4 is 26.4 Å². The van der Waals surface area contributed by atoms with Gasteiger partial charge in [-0.2, -0.15) is 0 Å². The number of anilines is 6. The first-order valence-electron chi connectivity index (χ1n) is 26.3. The highest BCUT2D eigenvalue weighted by atomic mass is 16.3. The molecule has 1 aromatic heterocycles. The fourth-order valence-electron chi connectivity index (χ4n) is 10.4. The summed E-state index contributed by atoms with van der Waals surface area (Å²) in [6.07, 6.45) is 2.09. The normalized spacial score (nSPS) is 18.0. The van der Waals surface area contributed by atoms with Crippen LogP contribution in [0.15, 0.2) is 120 Å². The molecular weight excluding hydrogens is 763 g/mol. The predicted octanol–water partition coefficient (Wildman–Crippen LogP) is 14.7. The highest BCUT2D eigenvalue weighted by Crippen LogP contribution is 2.52. The van der Waals surface area contributed by atoms with E-state index in [1.54, 1.807) is 0 Å². The van der Waals surface area contributed by atoms with E-state index in [9.17, 15) is 5.48 Å². The fourth-order valence-corrected chi connectivity index (χ4v) is 10.4. The van der Waals surface area contributed by atoms with Crippen molar-refractivity contribution in [1.82, 2.24) is 0 Å². The number of furan rings is 1. The molecule has 6 aromatic carbocycles. The van der Waals surface area contributed by atoms with Gasteiger partial charge in [0.1, 0.15) is 5.58 Å². The summed E-state index contributed by atoms with van der Waals surface area (Å²) in [7, 11) is 0. The van der Waals surface area contributed by atoms with Crippen LogP contribution >= 0.6 is 0 Å². The van der Waals surface area contributed by atoms with E-state index < -0.39 is 12.8 Å². The van der Waals surface area contributed by atoms with Crippen molar-refractivity contribution in [3.63, 3.8) is 0 Å². The first-order chi connectivity index (χ1) is 32.4. The Bertz CT molecular complexity index is 3350. The van der Waals surface area contributed by atoms with Crippen molar-refractivity contribution < 1.29 is 14.0 Å². The van der Waals surface area contributed by atoms with E-state index in [0.717, 1.165) is 85.4 Å². The number of fused-ring (bicyclic) bond motifs is 7. The zero-order valence-electron chi connectivity index (χ0n) is 46.7. The summed E-state index contributed by atoms with van der Waals surface area (Å²) in [6, 6.07) is 24.4. The van der Waals surface area contributed by atoms with Crippen LogP contribution in [0, 0.1) is 6.92 Å². The average molecular weight is 836 g/mol. The van der Waals surface area contributed by atoms with E-state index in [1.165, 1.54) is 11.1 Å². The van der Waals surface area contributed by atoms with Gasteiger partial charge in [-0.25, -0.2) is 0 Å². The monoisotopic (exact) mass is 836 g/mol. The van der Waals surface area contributed by atoms with Crippen LogP contribution in [-0.2, 0) is 27.1 Å². The van der Waals surface area contributed by atoms with Gasteiger partial charge < -0.3 is 14.2 Å². The minimum Gasteiger partial charge on any atom is -0.468 e. The van der Waals surface area contributed by atoms with Gasteiger partial charge in [0.25, 0.3) is 6.71 Å². The van der Waals surface area contributed by atoms with Gasteiger partial charge in [0, 0.05) is 33.7 Å². The van der Waals surface area contributed by atoms with Crippen LogP contribution in [0.4, 0.5) is 34.1 Å². The van der Waals surface area contributed by atoms with Gasteiger partial charge in [-0.3, -0.25) is 0 Å². The number of benzene rings is 6. The lowest BCUT2D eigenvalue weighted by Crippen LogP contribution is -2.61. The Morgan fingerprint density at radius 3 is 1.75 bits per heavy atom. The van der Waals surface area contributed by atoms with Gasteiger partial charge in [-0.15, -0.1) is 0 Å². The van der Waals surface area contributed by atoms with E-state index >= 15 is 0 Å². The molecule has 0 spiro atoms. The Morgan fingerprint density at radius 2 is 1.14 bits per heavy atom. The van der Waals surface area contributed by atoms with Crippen molar-refractivity contribution in [1.29, 1.82) is 0 Å². The van der Waals surface area contributed by atoms with Crippen LogP contribution in [0.5, 0.6) is 0 Å². The van der Waals surface area contributed by atoms with Crippen molar-refractivity contribution in [2.45, 2.75) is 137 Å². The minimum absolute atomic E-state index is 0.0786. The molecule has 4 heteroatoms. The van der Waals surface area contributed by atoms with E-state index in [2.05, 4.69) is 155 Å². The van der Waals surface area contributed by atoms with Crippen molar-refractivity contribution in [3.8, 4) is 11.1 Å². The topological polar surface area (TPSA) is 19.6 Å². The zero-order chi connectivity index (χ0) is 50.8. The fraction of sp³-hybridized carbons (Fsp3) is 0.356. The maximum Gasteiger partial charge on any atom is 0.297 e. The highest BCUT2D eigenvalue weighted by molar-refractivity contribution is 7.00. The van der Waals surface area contributed by atoms with E-state index in [0.29, 0.717) is 16.9 Å². The molecule has 1 aliphatic carbocycles. The lowest BCUT2D eigenvalue weighted by molar-refractivity contribution is 0.332. The molecule has 0 saturated carbocycles. The Balaban J connectivity index is 1.38. The number of hydrogen-bond acceptors (Lipinski definition) is 3. The molecule has 63 heavy (non-hydrogen) atoms. The molecule has 0 N–H and O–H groups in total. The number of hydrogen-bond donors (Lipinski definition) is 0. The number of aryl methyl sites for hydroxylation is 1. The third-order valence-corrected chi connectivity index (χ3v) is 14.3. The first kappa shape index (κ1) is 34.0. The van der Waals surface area contributed by atoms with Gasteiger partial charge in [0.2, 0.25) is 0 Å². The van der Waals surface area contributed by atoms with Crippen molar-refractivity contribution in [3.05, 3.63) is 148 Å². The maximum absolute atomic E-state index is 9.89. The third kappa shape index (κ3) is 6.60. The largest absolute Gasteiger partial charge is 0.468 e. The van der Waals surface area contributed by atoms with Gasteiger partial charge in [-0.05, 0) is 151 Å². The summed E-state index contributed by atoms with van der Waals surface area (Å²) in [6.45, 7) is 30.3. The first-order valence-corrected chi connectivity index (χ1v) is 22.8. The van der Waals surface area contributed by atoms with Crippen molar-refractivity contribution in [2.24, 2.45) is 0 Å². The molecule has 3 heterocycles. The summed E-state index contributed by atoms with van der Waals surface area (Å²) in [5.41, 5.74) is 14.2. The summed E-state index contributed by atoms with van der Waals surface area (Å²) in [4.78, 5) is 4.36. The molecule has 10 rings (SSSR count). The molecule has 0 unspecified atom stereocenters. The Kier molecular flexibility index (Phi) is 7.43. The minimum atomic E-state index is -0.436. The predicted molar refractivity (Wildman–Crippen MR) is 272 cm³/mol. The highest BCUT2D eigenvalue weighted by Gasteiger charge is 2.48. The second-order valence-corrected chi connectivity index (χ2v) is 22.9. The molecule has 0 radical (unpaired) electrons. The van der Waals surface area contributed by atoms with Crippen LogP contribution in [0.2, 0.25) is 0 Å². The van der Waals surface area contributed by atoms with Gasteiger partial charge in [0.05, 0.1) is 26.6 Å². The molecular formula is C59H65BN2O.